The first kappa shape index (κ1) is 13.5. The van der Waals surface area contributed by atoms with Crippen molar-refractivity contribution in [1.82, 2.24) is 4.90 Å². The fourth-order valence-electron chi connectivity index (χ4n) is 2.03. The van der Waals surface area contributed by atoms with E-state index in [0.29, 0.717) is 6.54 Å². The van der Waals surface area contributed by atoms with Crippen molar-refractivity contribution >= 4 is 37.1 Å². The Morgan fingerprint density at radius 2 is 2.29 bits per heavy atom. The molecule has 0 radical (unpaired) electrons. The van der Waals surface area contributed by atoms with Gasteiger partial charge in [0.15, 0.2) is 9.84 Å². The maximum Gasteiger partial charge on any atom is 0.154 e. The molecule has 4 nitrogen and oxygen atoms in total. The van der Waals surface area contributed by atoms with Gasteiger partial charge in [-0.05, 0) is 29.0 Å². The van der Waals surface area contributed by atoms with Crippen molar-refractivity contribution in [2.75, 3.05) is 18.6 Å². The van der Waals surface area contributed by atoms with Crippen LogP contribution in [0.1, 0.15) is 4.88 Å². The number of hydrogen-bond acceptors (Lipinski definition) is 5. The monoisotopic (exact) mass is 339 g/mol. The van der Waals surface area contributed by atoms with E-state index < -0.39 is 15.9 Å². The summed E-state index contributed by atoms with van der Waals surface area (Å²) < 4.78 is 23.9. The van der Waals surface area contributed by atoms with Gasteiger partial charge in [-0.3, -0.25) is 4.90 Å². The highest BCUT2D eigenvalue weighted by molar-refractivity contribution is 9.10. The first-order chi connectivity index (χ1) is 7.87. The van der Waals surface area contributed by atoms with Gasteiger partial charge < -0.3 is 5.11 Å². The lowest BCUT2D eigenvalue weighted by molar-refractivity contribution is 0.0963. The third kappa shape index (κ3) is 3.29. The molecule has 96 valence electrons. The lowest BCUT2D eigenvalue weighted by atomic mass is 10.2. The molecule has 1 N–H and O–H groups in total. The Balaban J connectivity index is 2.03. The van der Waals surface area contributed by atoms with Crippen molar-refractivity contribution in [3.05, 3.63) is 20.8 Å². The number of rotatable bonds is 3. The topological polar surface area (TPSA) is 57.6 Å². The minimum atomic E-state index is -3.07. The van der Waals surface area contributed by atoms with E-state index in [2.05, 4.69) is 15.9 Å². The average molecular weight is 340 g/mol. The number of aliphatic hydroxyl groups is 1. The molecule has 2 rings (SSSR count). The third-order valence-electron chi connectivity index (χ3n) is 2.89. The van der Waals surface area contributed by atoms with Crippen LogP contribution in [0.4, 0.5) is 0 Å². The van der Waals surface area contributed by atoms with Crippen LogP contribution in [-0.4, -0.2) is 49.1 Å². The molecule has 1 saturated heterocycles. The van der Waals surface area contributed by atoms with Crippen LogP contribution >= 0.6 is 27.3 Å². The summed E-state index contributed by atoms with van der Waals surface area (Å²) in [6.45, 7) is 0.660. The zero-order valence-corrected chi connectivity index (χ0v) is 12.6. The zero-order chi connectivity index (χ0) is 12.6. The summed E-state index contributed by atoms with van der Waals surface area (Å²) in [5.41, 5.74) is 0. The van der Waals surface area contributed by atoms with Crippen molar-refractivity contribution in [3.63, 3.8) is 0 Å². The molecule has 17 heavy (non-hydrogen) atoms. The van der Waals surface area contributed by atoms with Gasteiger partial charge in [0, 0.05) is 21.3 Å². The molecule has 2 atom stereocenters. The van der Waals surface area contributed by atoms with Gasteiger partial charge in [0.05, 0.1) is 23.7 Å². The molecule has 2 unspecified atom stereocenters. The fraction of sp³-hybridized carbons (Fsp3) is 0.600. The molecular formula is C10H14BrNO3S2. The molecule has 1 aliphatic rings. The van der Waals surface area contributed by atoms with Gasteiger partial charge in [0.25, 0.3) is 0 Å². The molecule has 0 spiro atoms. The summed E-state index contributed by atoms with van der Waals surface area (Å²) in [6, 6.07) is 1.72. The number of hydrogen-bond donors (Lipinski definition) is 1. The van der Waals surface area contributed by atoms with Crippen LogP contribution < -0.4 is 0 Å². The summed E-state index contributed by atoms with van der Waals surface area (Å²) in [4.78, 5) is 3.06. The van der Waals surface area contributed by atoms with Crippen LogP contribution in [0.3, 0.4) is 0 Å². The number of thiophene rings is 1. The summed E-state index contributed by atoms with van der Waals surface area (Å²) in [7, 11) is -1.22. The molecule has 1 aromatic rings. The van der Waals surface area contributed by atoms with E-state index in [9.17, 15) is 13.5 Å². The zero-order valence-electron chi connectivity index (χ0n) is 9.34. The van der Waals surface area contributed by atoms with Gasteiger partial charge in [-0.25, -0.2) is 8.42 Å². The highest BCUT2D eigenvalue weighted by Crippen LogP contribution is 2.24. The van der Waals surface area contributed by atoms with Crippen molar-refractivity contribution in [2.45, 2.75) is 18.7 Å². The van der Waals surface area contributed by atoms with Crippen LogP contribution in [0.25, 0.3) is 0 Å². The maximum atomic E-state index is 11.4. The molecule has 1 fully saturated rings. The van der Waals surface area contributed by atoms with Gasteiger partial charge in [-0.1, -0.05) is 0 Å². The Hall–Kier alpha value is 0.0500. The SMILES string of the molecule is CN(Cc1cc(Br)cs1)C1CS(=O)(=O)CC1O. The summed E-state index contributed by atoms with van der Waals surface area (Å²) in [5.74, 6) is -0.0621. The largest absolute Gasteiger partial charge is 0.390 e. The second kappa shape index (κ2) is 4.97. The second-order valence-electron chi connectivity index (χ2n) is 4.36. The van der Waals surface area contributed by atoms with E-state index in [4.69, 9.17) is 0 Å². The molecule has 0 bridgehead atoms. The fourth-order valence-corrected chi connectivity index (χ4v) is 5.42. The van der Waals surface area contributed by atoms with Gasteiger partial charge in [0.1, 0.15) is 0 Å². The Kier molecular flexibility index (Phi) is 3.94. The van der Waals surface area contributed by atoms with Crippen molar-refractivity contribution < 1.29 is 13.5 Å². The van der Waals surface area contributed by atoms with Crippen molar-refractivity contribution in [1.29, 1.82) is 0 Å². The van der Waals surface area contributed by atoms with E-state index in [1.54, 1.807) is 11.3 Å². The molecule has 0 saturated carbocycles. The van der Waals surface area contributed by atoms with E-state index in [-0.39, 0.29) is 17.5 Å². The molecule has 1 aliphatic heterocycles. The van der Waals surface area contributed by atoms with E-state index in [1.165, 1.54) is 0 Å². The smallest absolute Gasteiger partial charge is 0.154 e. The molecule has 0 amide bonds. The van der Waals surface area contributed by atoms with Crippen LogP contribution in [0.2, 0.25) is 0 Å². The second-order valence-corrected chi connectivity index (χ2v) is 8.42. The van der Waals surface area contributed by atoms with Crippen LogP contribution in [0.15, 0.2) is 15.9 Å². The van der Waals surface area contributed by atoms with Crippen LogP contribution in [0, 0.1) is 0 Å². The molecule has 7 heteroatoms. The molecule has 1 aromatic heterocycles. The minimum Gasteiger partial charge on any atom is -0.390 e. The first-order valence-electron chi connectivity index (χ1n) is 5.19. The summed E-state index contributed by atoms with van der Waals surface area (Å²) in [5, 5.41) is 11.7. The van der Waals surface area contributed by atoms with Gasteiger partial charge in [0.2, 0.25) is 0 Å². The Morgan fingerprint density at radius 3 is 2.76 bits per heavy atom. The average Bonchev–Trinajstić information content (AvgIpc) is 2.70. The lowest BCUT2D eigenvalue weighted by Gasteiger charge is -2.25. The first-order valence-corrected chi connectivity index (χ1v) is 8.68. The molecular weight excluding hydrogens is 326 g/mol. The third-order valence-corrected chi connectivity index (χ3v) is 6.27. The number of aliphatic hydroxyl groups excluding tert-OH is 1. The Bertz CT molecular complexity index is 499. The highest BCUT2D eigenvalue weighted by atomic mass is 79.9. The standard InChI is InChI=1S/C10H14BrNO3S2/c1-12(3-8-2-7(11)4-16-8)9-5-17(14,15)6-10(9)13/h2,4,9-10,13H,3,5-6H2,1H3. The van der Waals surface area contributed by atoms with E-state index in [1.807, 2.05) is 23.4 Å². The molecule has 0 aliphatic carbocycles. The number of likely N-dealkylation sites (N-methyl/N-ethyl adjacent to an activating group) is 1. The normalized spacial score (nSPS) is 27.8. The van der Waals surface area contributed by atoms with Gasteiger partial charge in [-0.15, -0.1) is 11.3 Å². The lowest BCUT2D eigenvalue weighted by Crippen LogP contribution is -2.39. The van der Waals surface area contributed by atoms with Gasteiger partial charge >= 0.3 is 0 Å². The Morgan fingerprint density at radius 1 is 1.59 bits per heavy atom. The minimum absolute atomic E-state index is 0.0528. The summed E-state index contributed by atoms with van der Waals surface area (Å²) in [6.07, 6.45) is -0.770. The van der Waals surface area contributed by atoms with Crippen LogP contribution in [-0.2, 0) is 16.4 Å². The number of nitrogens with zero attached hydrogens (tertiary/aromatic N) is 1. The molecule has 2 heterocycles. The molecule has 0 aromatic carbocycles. The van der Waals surface area contributed by atoms with Crippen molar-refractivity contribution in [3.8, 4) is 0 Å². The predicted octanol–water partition coefficient (Wildman–Crippen LogP) is 1.10. The predicted molar refractivity (Wildman–Crippen MR) is 71.9 cm³/mol. The van der Waals surface area contributed by atoms with Crippen LogP contribution in [0.5, 0.6) is 0 Å². The number of halogens is 1. The van der Waals surface area contributed by atoms with E-state index in [0.717, 1.165) is 9.35 Å². The maximum absolute atomic E-state index is 11.4. The number of sulfone groups is 1. The van der Waals surface area contributed by atoms with Gasteiger partial charge in [-0.2, -0.15) is 0 Å². The van der Waals surface area contributed by atoms with E-state index >= 15 is 0 Å². The quantitative estimate of drug-likeness (QED) is 0.895. The highest BCUT2D eigenvalue weighted by Gasteiger charge is 2.38. The van der Waals surface area contributed by atoms with Crippen molar-refractivity contribution in [2.24, 2.45) is 0 Å². The summed E-state index contributed by atoms with van der Waals surface area (Å²) >= 11 is 5.00. The Labute approximate surface area is 113 Å².